The Bertz CT molecular complexity index is 722. The second-order valence-electron chi connectivity index (χ2n) is 5.59. The summed E-state index contributed by atoms with van der Waals surface area (Å²) in [5, 5.41) is -1.19. The highest BCUT2D eigenvalue weighted by Crippen LogP contribution is 2.64. The maximum Gasteiger partial charge on any atom is 0.325 e. The standard InChI is InChI=1S/C16H19BrO6S/c1-4-22-14(18)16(15(19)23-5-2)12(13(16)24(3,20)21)10-6-8-11(17)9-7-10/h6-9,12-13H,4-5H2,1-3H3/t12-,13-/m0/s1. The van der Waals surface area contributed by atoms with E-state index in [1.807, 2.05) is 0 Å². The van der Waals surface area contributed by atoms with Crippen molar-refractivity contribution in [2.75, 3.05) is 19.5 Å². The average Bonchev–Trinajstić information content (AvgIpc) is 3.20. The van der Waals surface area contributed by atoms with Gasteiger partial charge >= 0.3 is 11.9 Å². The molecule has 2 rings (SSSR count). The minimum absolute atomic E-state index is 0.0452. The minimum Gasteiger partial charge on any atom is -0.465 e. The zero-order valence-electron chi connectivity index (χ0n) is 13.6. The first-order valence-electron chi connectivity index (χ1n) is 7.50. The maximum atomic E-state index is 12.6. The van der Waals surface area contributed by atoms with E-state index in [0.717, 1.165) is 10.7 Å². The maximum absolute atomic E-state index is 12.6. The molecule has 1 fully saturated rings. The Hall–Kier alpha value is -1.41. The topological polar surface area (TPSA) is 86.7 Å². The third kappa shape index (κ3) is 3.09. The number of hydrogen-bond acceptors (Lipinski definition) is 6. The zero-order valence-corrected chi connectivity index (χ0v) is 16.0. The lowest BCUT2D eigenvalue weighted by molar-refractivity contribution is -0.164. The number of sulfone groups is 1. The van der Waals surface area contributed by atoms with Gasteiger partial charge in [-0.1, -0.05) is 28.1 Å². The molecule has 0 aromatic heterocycles. The first-order valence-corrected chi connectivity index (χ1v) is 10.2. The molecule has 2 atom stereocenters. The van der Waals surface area contributed by atoms with Crippen LogP contribution in [0.15, 0.2) is 28.7 Å². The van der Waals surface area contributed by atoms with E-state index in [1.165, 1.54) is 0 Å². The van der Waals surface area contributed by atoms with Crippen molar-refractivity contribution in [3.05, 3.63) is 34.3 Å². The second-order valence-corrected chi connectivity index (χ2v) is 8.67. The predicted octanol–water partition coefficient (Wildman–Crippen LogP) is 2.07. The quantitative estimate of drug-likeness (QED) is 0.519. The second kappa shape index (κ2) is 6.84. The first kappa shape index (κ1) is 18.9. The number of rotatable bonds is 6. The van der Waals surface area contributed by atoms with Crippen molar-refractivity contribution in [1.82, 2.24) is 0 Å². The number of benzene rings is 1. The van der Waals surface area contributed by atoms with Crippen molar-refractivity contribution in [3.63, 3.8) is 0 Å². The van der Waals surface area contributed by atoms with Gasteiger partial charge in [-0.3, -0.25) is 9.59 Å². The molecule has 0 amide bonds. The Labute approximate surface area is 149 Å². The highest BCUT2D eigenvalue weighted by Gasteiger charge is 2.80. The van der Waals surface area contributed by atoms with Gasteiger partial charge in [0.15, 0.2) is 15.3 Å². The summed E-state index contributed by atoms with van der Waals surface area (Å²) < 4.78 is 35.4. The molecule has 1 aromatic rings. The van der Waals surface area contributed by atoms with Gasteiger partial charge in [0, 0.05) is 16.6 Å². The first-order chi connectivity index (χ1) is 11.2. The molecule has 0 spiro atoms. The van der Waals surface area contributed by atoms with E-state index in [1.54, 1.807) is 38.1 Å². The van der Waals surface area contributed by atoms with Gasteiger partial charge in [0.2, 0.25) is 0 Å². The van der Waals surface area contributed by atoms with Gasteiger partial charge in [-0.15, -0.1) is 0 Å². The smallest absolute Gasteiger partial charge is 0.325 e. The van der Waals surface area contributed by atoms with Gasteiger partial charge in [0.25, 0.3) is 0 Å². The summed E-state index contributed by atoms with van der Waals surface area (Å²) in [6.45, 7) is 3.29. The number of carbonyl (C=O) groups is 2. The van der Waals surface area contributed by atoms with E-state index in [-0.39, 0.29) is 13.2 Å². The lowest BCUT2D eigenvalue weighted by atomic mass is 9.99. The minimum atomic E-state index is -3.68. The number of halogens is 1. The summed E-state index contributed by atoms with van der Waals surface area (Å²) in [6.07, 6.45) is 1.02. The molecule has 1 aromatic carbocycles. The van der Waals surface area contributed by atoms with Gasteiger partial charge in [-0.05, 0) is 31.5 Å². The van der Waals surface area contributed by atoms with Crippen molar-refractivity contribution in [2.24, 2.45) is 5.41 Å². The summed E-state index contributed by atoms with van der Waals surface area (Å²) in [4.78, 5) is 25.1. The summed E-state index contributed by atoms with van der Waals surface area (Å²) in [5.74, 6) is -2.53. The highest BCUT2D eigenvalue weighted by molar-refractivity contribution is 9.10. The molecule has 0 radical (unpaired) electrons. The van der Waals surface area contributed by atoms with Crippen LogP contribution in [-0.4, -0.2) is 45.1 Å². The van der Waals surface area contributed by atoms with Crippen LogP contribution in [-0.2, 0) is 28.9 Å². The van der Waals surface area contributed by atoms with Gasteiger partial charge in [-0.2, -0.15) is 0 Å². The van der Waals surface area contributed by atoms with E-state index in [9.17, 15) is 18.0 Å². The Kier molecular flexibility index (Phi) is 5.39. The van der Waals surface area contributed by atoms with E-state index in [2.05, 4.69) is 15.9 Å². The van der Waals surface area contributed by atoms with E-state index >= 15 is 0 Å². The number of esters is 2. The molecule has 132 valence electrons. The Balaban J connectivity index is 2.58. The third-order valence-corrected chi connectivity index (χ3v) is 6.14. The van der Waals surface area contributed by atoms with Crippen molar-refractivity contribution in [1.29, 1.82) is 0 Å². The summed E-state index contributed by atoms with van der Waals surface area (Å²) in [6, 6.07) is 6.84. The molecule has 24 heavy (non-hydrogen) atoms. The normalized spacial score (nSPS) is 21.8. The van der Waals surface area contributed by atoms with Gasteiger partial charge in [-0.25, -0.2) is 8.42 Å². The van der Waals surface area contributed by atoms with Crippen molar-refractivity contribution >= 4 is 37.7 Å². The van der Waals surface area contributed by atoms with Crippen LogP contribution in [0.5, 0.6) is 0 Å². The molecular formula is C16H19BrO6S. The molecule has 1 aliphatic carbocycles. The molecule has 6 nitrogen and oxygen atoms in total. The monoisotopic (exact) mass is 418 g/mol. The summed E-state index contributed by atoms with van der Waals surface area (Å²) in [7, 11) is -3.68. The molecule has 0 saturated heterocycles. The van der Waals surface area contributed by atoms with Crippen molar-refractivity contribution in [3.8, 4) is 0 Å². The number of carbonyl (C=O) groups excluding carboxylic acids is 2. The van der Waals surface area contributed by atoms with Crippen LogP contribution >= 0.6 is 15.9 Å². The van der Waals surface area contributed by atoms with Crippen molar-refractivity contribution < 1.29 is 27.5 Å². The molecule has 0 unspecified atom stereocenters. The Morgan fingerprint density at radius 2 is 1.54 bits per heavy atom. The molecular weight excluding hydrogens is 400 g/mol. The highest BCUT2D eigenvalue weighted by atomic mass is 79.9. The molecule has 0 aliphatic heterocycles. The zero-order chi connectivity index (χ0) is 18.1. The Morgan fingerprint density at radius 3 is 1.92 bits per heavy atom. The molecule has 8 heteroatoms. The average molecular weight is 419 g/mol. The fraction of sp³-hybridized carbons (Fsp3) is 0.500. The van der Waals surface area contributed by atoms with Crippen LogP contribution in [0.3, 0.4) is 0 Å². The summed E-state index contributed by atoms with van der Waals surface area (Å²) >= 11 is 3.30. The Morgan fingerprint density at radius 1 is 1.08 bits per heavy atom. The fourth-order valence-electron chi connectivity index (χ4n) is 3.12. The SMILES string of the molecule is CCOC(=O)C1(C(=O)OCC)[C@@H](c2ccc(Br)cc2)[C@@H]1S(C)(=O)=O. The van der Waals surface area contributed by atoms with Gasteiger partial charge < -0.3 is 9.47 Å². The molecule has 1 aliphatic rings. The third-order valence-electron chi connectivity index (χ3n) is 4.05. The van der Waals surface area contributed by atoms with Crippen LogP contribution in [0.25, 0.3) is 0 Å². The predicted molar refractivity (Wildman–Crippen MR) is 91.2 cm³/mol. The largest absolute Gasteiger partial charge is 0.465 e. The molecule has 0 heterocycles. The van der Waals surface area contributed by atoms with E-state index < -0.39 is 38.4 Å². The van der Waals surface area contributed by atoms with Crippen LogP contribution in [0.2, 0.25) is 0 Å². The summed E-state index contributed by atoms with van der Waals surface area (Å²) in [5.41, 5.74) is -1.26. The molecule has 1 saturated carbocycles. The van der Waals surface area contributed by atoms with Crippen LogP contribution < -0.4 is 0 Å². The lowest BCUT2D eigenvalue weighted by Crippen LogP contribution is -2.35. The molecule has 0 N–H and O–H groups in total. The fourth-order valence-corrected chi connectivity index (χ4v) is 5.19. The van der Waals surface area contributed by atoms with E-state index in [4.69, 9.17) is 9.47 Å². The molecule has 0 bridgehead atoms. The van der Waals surface area contributed by atoms with Gasteiger partial charge in [0.1, 0.15) is 0 Å². The van der Waals surface area contributed by atoms with Crippen LogP contribution in [0, 0.1) is 5.41 Å². The van der Waals surface area contributed by atoms with Crippen LogP contribution in [0.1, 0.15) is 25.3 Å². The lowest BCUT2D eigenvalue weighted by Gasteiger charge is -2.15. The van der Waals surface area contributed by atoms with E-state index in [0.29, 0.717) is 5.56 Å². The van der Waals surface area contributed by atoms with Crippen molar-refractivity contribution in [2.45, 2.75) is 25.0 Å². The van der Waals surface area contributed by atoms with Gasteiger partial charge in [0.05, 0.1) is 18.5 Å². The number of hydrogen-bond donors (Lipinski definition) is 0. The van der Waals surface area contributed by atoms with Crippen LogP contribution in [0.4, 0.5) is 0 Å². The number of ether oxygens (including phenoxy) is 2.